The molecule has 2 heterocycles. The fraction of sp³-hybridized carbons (Fsp3) is 0.200. The molecule has 2 rings (SSSR count). The quantitative estimate of drug-likeness (QED) is 0.706. The summed E-state index contributed by atoms with van der Waals surface area (Å²) < 4.78 is 9.50. The highest BCUT2D eigenvalue weighted by Gasteiger charge is 2.01. The van der Waals surface area contributed by atoms with Crippen LogP contribution < -0.4 is 4.67 Å². The number of hydrogen-bond acceptors (Lipinski definition) is 7. The standard InChI is InChI=1S/C5H3ClN4OS2/c1-2-8-9-5(11-2)7-4-3(6)10-13-12-4/h1H3/b7-4+. The van der Waals surface area contributed by atoms with E-state index in [4.69, 9.17) is 16.0 Å². The molecule has 0 fully saturated rings. The average molecular weight is 235 g/mol. The highest BCUT2D eigenvalue weighted by molar-refractivity contribution is 7.66. The molecular formula is C5H3ClN4OS2. The van der Waals surface area contributed by atoms with Crippen molar-refractivity contribution in [3.05, 3.63) is 15.7 Å². The lowest BCUT2D eigenvalue weighted by molar-refractivity contribution is 0.527. The van der Waals surface area contributed by atoms with Gasteiger partial charge in [-0.15, -0.1) is 5.10 Å². The molecule has 0 radical (unpaired) electrons. The highest BCUT2D eigenvalue weighted by Crippen LogP contribution is 2.10. The van der Waals surface area contributed by atoms with Gasteiger partial charge in [0.1, 0.15) is 0 Å². The van der Waals surface area contributed by atoms with Crippen molar-refractivity contribution in [3.63, 3.8) is 0 Å². The molecule has 0 saturated carbocycles. The molecule has 2 aromatic rings. The van der Waals surface area contributed by atoms with Crippen LogP contribution in [-0.2, 0) is 0 Å². The largest absolute Gasteiger partial charge is 0.407 e. The first-order chi connectivity index (χ1) is 6.25. The minimum absolute atomic E-state index is 0.204. The maximum atomic E-state index is 5.72. The van der Waals surface area contributed by atoms with E-state index in [2.05, 4.69) is 19.6 Å². The third kappa shape index (κ3) is 1.93. The minimum Gasteiger partial charge on any atom is -0.407 e. The second kappa shape index (κ2) is 3.52. The molecule has 13 heavy (non-hydrogen) atoms. The maximum Gasteiger partial charge on any atom is 0.343 e. The van der Waals surface area contributed by atoms with Crippen LogP contribution in [0.15, 0.2) is 9.41 Å². The van der Waals surface area contributed by atoms with Crippen LogP contribution in [0.3, 0.4) is 0 Å². The van der Waals surface area contributed by atoms with E-state index >= 15 is 0 Å². The van der Waals surface area contributed by atoms with E-state index in [0.717, 1.165) is 0 Å². The Balaban J connectivity index is 2.46. The van der Waals surface area contributed by atoms with Crippen molar-refractivity contribution < 1.29 is 4.42 Å². The predicted octanol–water partition coefficient (Wildman–Crippen LogP) is 1.78. The minimum atomic E-state index is 0.204. The molecule has 0 aliphatic carbocycles. The summed E-state index contributed by atoms with van der Waals surface area (Å²) in [5, 5.41) is 7.70. The van der Waals surface area contributed by atoms with Gasteiger partial charge in [-0.05, 0) is 10.3 Å². The Morgan fingerprint density at radius 3 is 2.85 bits per heavy atom. The molecule has 0 spiro atoms. The number of aryl methyl sites for hydroxylation is 1. The zero-order valence-electron chi connectivity index (χ0n) is 6.39. The molecule has 0 unspecified atom stereocenters. The van der Waals surface area contributed by atoms with Crippen molar-refractivity contribution in [3.8, 4) is 0 Å². The van der Waals surface area contributed by atoms with Crippen LogP contribution >= 0.6 is 32.5 Å². The molecule has 0 bridgehead atoms. The molecule has 0 N–H and O–H groups in total. The fourth-order valence-electron chi connectivity index (χ4n) is 0.643. The van der Waals surface area contributed by atoms with Gasteiger partial charge in [-0.1, -0.05) is 16.7 Å². The Kier molecular flexibility index (Phi) is 2.38. The lowest BCUT2D eigenvalue weighted by Gasteiger charge is -1.77. The molecule has 5 nitrogen and oxygen atoms in total. The van der Waals surface area contributed by atoms with Crippen molar-refractivity contribution in [2.45, 2.75) is 6.92 Å². The molecule has 0 amide bonds. The first kappa shape index (κ1) is 8.79. The van der Waals surface area contributed by atoms with Gasteiger partial charge in [0.05, 0.1) is 0 Å². The number of hydrogen-bond donors (Lipinski definition) is 0. The van der Waals surface area contributed by atoms with E-state index in [0.29, 0.717) is 15.7 Å². The first-order valence-electron chi connectivity index (χ1n) is 3.22. The van der Waals surface area contributed by atoms with E-state index in [9.17, 15) is 0 Å². The molecule has 0 aliphatic rings. The van der Waals surface area contributed by atoms with E-state index in [1.54, 1.807) is 6.92 Å². The molecule has 0 aromatic carbocycles. The smallest absolute Gasteiger partial charge is 0.343 e. The van der Waals surface area contributed by atoms with Crippen molar-refractivity contribution in [2.75, 3.05) is 0 Å². The second-order valence-corrected chi connectivity index (χ2v) is 4.25. The molecule has 0 atom stereocenters. The molecule has 0 saturated heterocycles. The Labute approximate surface area is 85.3 Å². The van der Waals surface area contributed by atoms with Crippen molar-refractivity contribution in [1.82, 2.24) is 14.6 Å². The summed E-state index contributed by atoms with van der Waals surface area (Å²) in [5.74, 6) is 0.475. The summed E-state index contributed by atoms with van der Waals surface area (Å²) in [7, 11) is 2.63. The van der Waals surface area contributed by atoms with Gasteiger partial charge in [0.2, 0.25) is 5.89 Å². The zero-order valence-corrected chi connectivity index (χ0v) is 8.78. The van der Waals surface area contributed by atoms with E-state index < -0.39 is 0 Å². The van der Waals surface area contributed by atoms with Crippen molar-refractivity contribution in [1.29, 1.82) is 0 Å². The van der Waals surface area contributed by atoms with E-state index in [1.165, 1.54) is 20.9 Å². The number of aromatic nitrogens is 3. The summed E-state index contributed by atoms with van der Waals surface area (Å²) in [6.07, 6.45) is 0. The maximum absolute atomic E-state index is 5.72. The summed E-state index contributed by atoms with van der Waals surface area (Å²) in [5.41, 5.74) is 0. The second-order valence-electron chi connectivity index (χ2n) is 2.06. The molecule has 8 heteroatoms. The van der Waals surface area contributed by atoms with E-state index in [1.807, 2.05) is 0 Å². The third-order valence-corrected chi connectivity index (χ3v) is 3.29. The average Bonchev–Trinajstić information content (AvgIpc) is 2.64. The van der Waals surface area contributed by atoms with Crippen LogP contribution in [0.25, 0.3) is 0 Å². The Bertz CT molecular complexity index is 473. The Morgan fingerprint density at radius 1 is 1.46 bits per heavy atom. The van der Waals surface area contributed by atoms with Crippen molar-refractivity contribution >= 4 is 38.5 Å². The molecule has 0 aliphatic heterocycles. The Hall–Kier alpha value is -0.790. The first-order valence-corrected chi connectivity index (χ1v) is 5.70. The zero-order chi connectivity index (χ0) is 9.26. The van der Waals surface area contributed by atoms with E-state index in [-0.39, 0.29) is 6.01 Å². The van der Waals surface area contributed by atoms with Crippen molar-refractivity contribution in [2.24, 2.45) is 4.99 Å². The SMILES string of the molecule is Cc1nnc(/N=c2/ssnc2Cl)o1. The van der Waals surface area contributed by atoms with Gasteiger partial charge in [-0.2, -0.15) is 9.37 Å². The molecule has 68 valence electrons. The van der Waals surface area contributed by atoms with Gasteiger partial charge in [0, 0.05) is 17.5 Å². The van der Waals surface area contributed by atoms with Gasteiger partial charge in [-0.25, -0.2) is 0 Å². The van der Waals surface area contributed by atoms with Crippen LogP contribution in [0.4, 0.5) is 6.01 Å². The van der Waals surface area contributed by atoms with Gasteiger partial charge in [0.15, 0.2) is 9.82 Å². The fourth-order valence-corrected chi connectivity index (χ4v) is 2.61. The Morgan fingerprint density at radius 2 is 2.31 bits per heavy atom. The van der Waals surface area contributed by atoms with Gasteiger partial charge in [-0.3, -0.25) is 0 Å². The van der Waals surface area contributed by atoms with Crippen LogP contribution in [-0.4, -0.2) is 14.6 Å². The number of halogens is 1. The summed E-state index contributed by atoms with van der Waals surface area (Å²) in [4.78, 5) is 4.02. The third-order valence-electron chi connectivity index (χ3n) is 1.12. The summed E-state index contributed by atoms with van der Waals surface area (Å²) in [6.45, 7) is 1.70. The van der Waals surface area contributed by atoms with Crippen LogP contribution in [0.1, 0.15) is 5.89 Å². The van der Waals surface area contributed by atoms with Crippen LogP contribution in [0, 0.1) is 6.92 Å². The highest BCUT2D eigenvalue weighted by atomic mass is 35.5. The number of rotatable bonds is 1. The molecular weight excluding hydrogens is 232 g/mol. The summed E-state index contributed by atoms with van der Waals surface area (Å²) in [6, 6.07) is 0.204. The van der Waals surface area contributed by atoms with Crippen LogP contribution in [0.2, 0.25) is 5.15 Å². The topological polar surface area (TPSA) is 64.2 Å². The van der Waals surface area contributed by atoms with Gasteiger partial charge < -0.3 is 4.42 Å². The molecule has 2 aromatic heterocycles. The number of nitrogens with zero attached hydrogens (tertiary/aromatic N) is 4. The lowest BCUT2D eigenvalue weighted by atomic mass is 10.8. The van der Waals surface area contributed by atoms with Gasteiger partial charge >= 0.3 is 6.01 Å². The monoisotopic (exact) mass is 234 g/mol. The normalized spacial score (nSPS) is 12.3. The van der Waals surface area contributed by atoms with Gasteiger partial charge in [0.25, 0.3) is 0 Å². The van der Waals surface area contributed by atoms with Crippen LogP contribution in [0.5, 0.6) is 0 Å². The summed E-state index contributed by atoms with van der Waals surface area (Å²) >= 11 is 5.72. The lowest BCUT2D eigenvalue weighted by Crippen LogP contribution is -1.92. The predicted molar refractivity (Wildman–Crippen MR) is 49.3 cm³/mol.